The van der Waals surface area contributed by atoms with E-state index in [9.17, 15) is 0 Å². The predicted octanol–water partition coefficient (Wildman–Crippen LogP) is 4.92. The highest BCUT2D eigenvalue weighted by Crippen LogP contribution is 2.34. The first kappa shape index (κ1) is 16.9. The predicted molar refractivity (Wildman–Crippen MR) is 113 cm³/mol. The largest absolute Gasteiger partial charge is 0.317 e. The molecule has 3 aliphatic heterocycles. The van der Waals surface area contributed by atoms with Gasteiger partial charge in [0, 0.05) is 17.7 Å². The number of aromatic nitrogens is 1. The first-order valence-corrected chi connectivity index (χ1v) is 10.5. The highest BCUT2D eigenvalue weighted by Gasteiger charge is 2.21. The molecule has 4 nitrogen and oxygen atoms in total. The molecule has 0 aliphatic carbocycles. The Kier molecular flexibility index (Phi) is 4.21. The van der Waals surface area contributed by atoms with E-state index in [1.165, 1.54) is 39.4 Å². The number of rotatable bonds is 2. The van der Waals surface area contributed by atoms with Crippen LogP contribution in [0.3, 0.4) is 0 Å². The third-order valence-electron chi connectivity index (χ3n) is 5.57. The van der Waals surface area contributed by atoms with Crippen molar-refractivity contribution in [1.82, 2.24) is 15.3 Å². The lowest BCUT2D eigenvalue weighted by Gasteiger charge is -2.28. The van der Waals surface area contributed by atoms with Crippen LogP contribution in [0.2, 0.25) is 0 Å². The summed E-state index contributed by atoms with van der Waals surface area (Å²) in [7, 11) is 0. The van der Waals surface area contributed by atoms with E-state index in [2.05, 4.69) is 55.7 Å². The van der Waals surface area contributed by atoms with Crippen molar-refractivity contribution in [3.8, 4) is 0 Å². The lowest BCUT2D eigenvalue weighted by Crippen LogP contribution is -2.26. The van der Waals surface area contributed by atoms with Crippen LogP contribution in [0, 0.1) is 0 Å². The molecule has 3 aliphatic rings. The van der Waals surface area contributed by atoms with E-state index < -0.39 is 0 Å². The van der Waals surface area contributed by atoms with Gasteiger partial charge in [-0.2, -0.15) is 5.10 Å². The number of benzene rings is 1. The smallest absolute Gasteiger partial charge is 0.0970 e. The van der Waals surface area contributed by atoms with E-state index in [0.29, 0.717) is 5.92 Å². The second-order valence-electron chi connectivity index (χ2n) is 7.68. The van der Waals surface area contributed by atoms with Crippen molar-refractivity contribution >= 4 is 27.3 Å². The molecule has 1 aromatic carbocycles. The van der Waals surface area contributed by atoms with Crippen LogP contribution in [0.1, 0.15) is 49.6 Å². The first-order chi connectivity index (χ1) is 13.2. The van der Waals surface area contributed by atoms with Gasteiger partial charge < -0.3 is 5.32 Å². The number of allylic oxidation sites excluding steroid dienone is 4. The van der Waals surface area contributed by atoms with Crippen molar-refractivity contribution in [2.75, 3.05) is 13.1 Å². The summed E-state index contributed by atoms with van der Waals surface area (Å²) in [5, 5.41) is 11.6. The molecule has 1 aromatic heterocycles. The molecule has 0 unspecified atom stereocenters. The van der Waals surface area contributed by atoms with Crippen molar-refractivity contribution in [2.24, 2.45) is 5.10 Å². The topological polar surface area (TPSA) is 40.5 Å². The summed E-state index contributed by atoms with van der Waals surface area (Å²) in [5.41, 5.74) is 7.11. The van der Waals surface area contributed by atoms with Crippen LogP contribution in [0.25, 0.3) is 10.2 Å². The van der Waals surface area contributed by atoms with Crippen molar-refractivity contribution in [2.45, 2.75) is 39.0 Å². The van der Waals surface area contributed by atoms with Crippen LogP contribution in [0.4, 0.5) is 0 Å². The Morgan fingerprint density at radius 1 is 1.19 bits per heavy atom. The maximum absolute atomic E-state index is 4.92. The van der Waals surface area contributed by atoms with Crippen LogP contribution >= 0.6 is 11.3 Å². The van der Waals surface area contributed by atoms with Gasteiger partial charge >= 0.3 is 0 Å². The van der Waals surface area contributed by atoms with Gasteiger partial charge in [0.15, 0.2) is 0 Å². The van der Waals surface area contributed by atoms with E-state index >= 15 is 0 Å². The molecular weight excluding hydrogens is 352 g/mol. The van der Waals surface area contributed by atoms with E-state index in [0.717, 1.165) is 36.3 Å². The molecule has 0 spiro atoms. The minimum atomic E-state index is 0.607. The zero-order valence-electron chi connectivity index (χ0n) is 15.8. The number of piperidine rings is 1. The van der Waals surface area contributed by atoms with E-state index in [4.69, 9.17) is 10.1 Å². The van der Waals surface area contributed by atoms with Crippen molar-refractivity contribution in [3.05, 3.63) is 64.0 Å². The maximum Gasteiger partial charge on any atom is 0.0970 e. The monoisotopic (exact) mass is 376 g/mol. The number of thiazole rings is 1. The number of nitrogens with zero attached hydrogens (tertiary/aromatic N) is 3. The summed E-state index contributed by atoms with van der Waals surface area (Å²) in [6.07, 6.45) is 10.0. The molecule has 1 saturated heterocycles. The lowest BCUT2D eigenvalue weighted by molar-refractivity contribution is 0.459. The van der Waals surface area contributed by atoms with E-state index in [1.807, 2.05) is 16.3 Å². The Morgan fingerprint density at radius 3 is 2.89 bits per heavy atom. The number of hydrogen-bond donors (Lipinski definition) is 1. The van der Waals surface area contributed by atoms with Crippen molar-refractivity contribution in [1.29, 1.82) is 0 Å². The van der Waals surface area contributed by atoms with Crippen LogP contribution in [0.15, 0.2) is 58.5 Å². The molecule has 4 heterocycles. The van der Waals surface area contributed by atoms with Crippen LogP contribution in [-0.2, 0) is 0 Å². The molecule has 27 heavy (non-hydrogen) atoms. The van der Waals surface area contributed by atoms with E-state index in [1.54, 1.807) is 0 Å². The number of hydrogen-bond acceptors (Lipinski definition) is 5. The van der Waals surface area contributed by atoms with Gasteiger partial charge in [0.25, 0.3) is 0 Å². The second kappa shape index (κ2) is 6.73. The lowest BCUT2D eigenvalue weighted by atomic mass is 9.99. The Balaban J connectivity index is 1.50. The number of fused-ring (bicyclic) bond motifs is 2. The third-order valence-corrected chi connectivity index (χ3v) is 6.75. The zero-order chi connectivity index (χ0) is 18.4. The quantitative estimate of drug-likeness (QED) is 0.809. The average molecular weight is 377 g/mol. The first-order valence-electron chi connectivity index (χ1n) is 9.73. The molecule has 0 atom stereocenters. The summed E-state index contributed by atoms with van der Waals surface area (Å²) in [6, 6.07) is 6.57. The van der Waals surface area contributed by atoms with Gasteiger partial charge in [0.1, 0.15) is 0 Å². The fraction of sp³-hybridized carbons (Fsp3) is 0.364. The molecule has 0 bridgehead atoms. The SMILES string of the molecule is CC1=CN2N=C(c3ccc4nc(C5CCNCC5)sc4c3)C=C(C)C2=CC1. The molecule has 5 rings (SSSR count). The summed E-state index contributed by atoms with van der Waals surface area (Å²) < 4.78 is 1.27. The van der Waals surface area contributed by atoms with Gasteiger partial charge in [-0.15, -0.1) is 11.3 Å². The highest BCUT2D eigenvalue weighted by molar-refractivity contribution is 7.18. The van der Waals surface area contributed by atoms with Gasteiger partial charge in [-0.1, -0.05) is 17.7 Å². The van der Waals surface area contributed by atoms with Crippen LogP contribution < -0.4 is 5.32 Å². The average Bonchev–Trinajstić information content (AvgIpc) is 3.11. The normalized spacial score (nSPS) is 20.7. The Labute approximate surface area is 164 Å². The number of hydrazone groups is 1. The highest BCUT2D eigenvalue weighted by atomic mass is 32.1. The molecule has 0 saturated carbocycles. The van der Waals surface area contributed by atoms with Crippen LogP contribution in [0.5, 0.6) is 0 Å². The van der Waals surface area contributed by atoms with E-state index in [-0.39, 0.29) is 0 Å². The standard InChI is InChI=1S/C22H24N4S/c1-14-3-6-20-15(2)11-19(25-26(20)13-14)17-4-5-18-21(12-17)27-22(24-18)16-7-9-23-10-8-16/h4-6,11-13,16,23H,3,7-10H2,1-2H3. The molecule has 1 fully saturated rings. The van der Waals surface area contributed by atoms with Gasteiger partial charge in [0.2, 0.25) is 0 Å². The zero-order valence-corrected chi connectivity index (χ0v) is 16.6. The molecule has 2 aromatic rings. The minimum absolute atomic E-state index is 0.607. The molecule has 5 heteroatoms. The Hall–Kier alpha value is -2.24. The molecule has 138 valence electrons. The van der Waals surface area contributed by atoms with Crippen molar-refractivity contribution < 1.29 is 0 Å². The number of nitrogens with one attached hydrogen (secondary N) is 1. The third kappa shape index (κ3) is 3.15. The second-order valence-corrected chi connectivity index (χ2v) is 8.75. The molecule has 0 amide bonds. The summed E-state index contributed by atoms with van der Waals surface area (Å²) in [6.45, 7) is 6.53. The summed E-state index contributed by atoms with van der Waals surface area (Å²) in [4.78, 5) is 4.92. The maximum atomic E-state index is 4.92. The van der Waals surface area contributed by atoms with Gasteiger partial charge in [-0.3, -0.25) is 0 Å². The molecular formula is C22H24N4S. The van der Waals surface area contributed by atoms with Crippen LogP contribution in [-0.4, -0.2) is 28.8 Å². The molecule has 0 radical (unpaired) electrons. The molecule has 1 N–H and O–H groups in total. The minimum Gasteiger partial charge on any atom is -0.317 e. The van der Waals surface area contributed by atoms with Gasteiger partial charge in [-0.05, 0) is 70.0 Å². The van der Waals surface area contributed by atoms with Crippen molar-refractivity contribution in [3.63, 3.8) is 0 Å². The Morgan fingerprint density at radius 2 is 2.04 bits per heavy atom. The summed E-state index contributed by atoms with van der Waals surface area (Å²) >= 11 is 1.85. The van der Waals surface area contributed by atoms with Gasteiger partial charge in [-0.25, -0.2) is 9.99 Å². The Bertz CT molecular complexity index is 1020. The fourth-order valence-corrected chi connectivity index (χ4v) is 5.19. The van der Waals surface area contributed by atoms with Gasteiger partial charge in [0.05, 0.1) is 26.6 Å². The fourth-order valence-electron chi connectivity index (χ4n) is 4.02. The summed E-state index contributed by atoms with van der Waals surface area (Å²) in [5.74, 6) is 0.607.